The number of fused-ring (bicyclic) bond motifs is 1. The van der Waals surface area contributed by atoms with E-state index in [1.165, 1.54) is 29.1 Å². The molecule has 1 N–H and O–H groups in total. The highest BCUT2D eigenvalue weighted by Crippen LogP contribution is 2.34. The fraction of sp³-hybridized carbons (Fsp3) is 0.208. The van der Waals surface area contributed by atoms with Crippen LogP contribution in [0.4, 0.5) is 0 Å². The highest BCUT2D eigenvalue weighted by Gasteiger charge is 2.34. The van der Waals surface area contributed by atoms with Crippen molar-refractivity contribution in [3.63, 3.8) is 0 Å². The fourth-order valence-corrected chi connectivity index (χ4v) is 5.00. The summed E-state index contributed by atoms with van der Waals surface area (Å²) in [6, 6.07) is 11.1. The van der Waals surface area contributed by atoms with Gasteiger partial charge in [0.1, 0.15) is 6.04 Å². The van der Waals surface area contributed by atoms with Crippen molar-refractivity contribution >= 4 is 35.0 Å². The minimum atomic E-state index is -0.773. The highest BCUT2D eigenvalue weighted by atomic mass is 35.5. The molecule has 9 heteroatoms. The van der Waals surface area contributed by atoms with Crippen LogP contribution in [0.1, 0.15) is 31.0 Å². The van der Waals surface area contributed by atoms with E-state index in [4.69, 9.17) is 21.1 Å². The van der Waals surface area contributed by atoms with E-state index in [9.17, 15) is 14.7 Å². The van der Waals surface area contributed by atoms with Crippen LogP contribution in [0, 0.1) is 0 Å². The van der Waals surface area contributed by atoms with Gasteiger partial charge in [-0.25, -0.2) is 9.79 Å². The van der Waals surface area contributed by atoms with Crippen molar-refractivity contribution in [1.82, 2.24) is 4.57 Å². The summed E-state index contributed by atoms with van der Waals surface area (Å²) in [6.07, 6.45) is 1.69. The molecule has 7 nitrogen and oxygen atoms in total. The Morgan fingerprint density at radius 2 is 2.06 bits per heavy atom. The average Bonchev–Trinajstić information content (AvgIpc) is 3.09. The number of hydrogen-bond donors (Lipinski definition) is 1. The van der Waals surface area contributed by atoms with Gasteiger partial charge in [0, 0.05) is 5.02 Å². The molecule has 2 heterocycles. The normalized spacial score (nSPS) is 15.8. The molecular formula is C24H21ClN2O5S. The molecule has 1 aliphatic heterocycles. The van der Waals surface area contributed by atoms with Gasteiger partial charge in [-0.2, -0.15) is 0 Å². The van der Waals surface area contributed by atoms with Crippen LogP contribution in [0.15, 0.2) is 63.5 Å². The molecule has 170 valence electrons. The number of phenolic OH excluding ortho intramolecular Hbond substituents is 1. The topological polar surface area (TPSA) is 90.1 Å². The Morgan fingerprint density at radius 1 is 1.30 bits per heavy atom. The number of aromatic hydroxyl groups is 1. The number of halogens is 1. The predicted molar refractivity (Wildman–Crippen MR) is 127 cm³/mol. The van der Waals surface area contributed by atoms with Crippen molar-refractivity contribution in [2.45, 2.75) is 19.9 Å². The molecule has 33 heavy (non-hydrogen) atoms. The average molecular weight is 485 g/mol. The molecule has 0 fully saturated rings. The van der Waals surface area contributed by atoms with Crippen molar-refractivity contribution < 1.29 is 19.4 Å². The predicted octanol–water partition coefficient (Wildman–Crippen LogP) is 3.17. The van der Waals surface area contributed by atoms with Gasteiger partial charge in [-0.3, -0.25) is 9.36 Å². The summed E-state index contributed by atoms with van der Waals surface area (Å²) < 4.78 is 12.3. The molecule has 0 amide bonds. The van der Waals surface area contributed by atoms with Crippen LogP contribution < -0.4 is 19.6 Å². The standard InChI is InChI=1S/C24H21ClN2O5S/c1-4-32-23(30)20-13(2)26-24-27(21(20)15-7-5-6-8-16(15)25)22(29)19(33-24)12-14-9-10-17(28)18(11-14)31-3/h5-12,21,28H,4H2,1-3H3/b19-12-. The Hall–Kier alpha value is -3.36. The second-order valence-electron chi connectivity index (χ2n) is 7.26. The molecule has 0 saturated heterocycles. The van der Waals surface area contributed by atoms with Gasteiger partial charge in [0.15, 0.2) is 16.3 Å². The lowest BCUT2D eigenvalue weighted by atomic mass is 9.96. The molecule has 1 aromatic heterocycles. The lowest BCUT2D eigenvalue weighted by Crippen LogP contribution is -2.40. The summed E-state index contributed by atoms with van der Waals surface area (Å²) in [5.74, 6) is -0.239. The summed E-state index contributed by atoms with van der Waals surface area (Å²) >= 11 is 7.70. The molecule has 3 aromatic rings. The van der Waals surface area contributed by atoms with Gasteiger partial charge < -0.3 is 14.6 Å². The van der Waals surface area contributed by atoms with Gasteiger partial charge in [0.25, 0.3) is 5.56 Å². The number of benzene rings is 2. The third kappa shape index (κ3) is 4.19. The first-order chi connectivity index (χ1) is 15.8. The summed E-state index contributed by atoms with van der Waals surface area (Å²) in [7, 11) is 1.45. The first kappa shape index (κ1) is 22.8. The largest absolute Gasteiger partial charge is 0.504 e. The van der Waals surface area contributed by atoms with E-state index in [2.05, 4.69) is 4.99 Å². The Balaban J connectivity index is 1.96. The van der Waals surface area contributed by atoms with E-state index in [-0.39, 0.29) is 23.5 Å². The third-order valence-electron chi connectivity index (χ3n) is 5.22. The van der Waals surface area contributed by atoms with E-state index in [0.29, 0.717) is 36.9 Å². The molecule has 0 radical (unpaired) electrons. The molecule has 0 aliphatic carbocycles. The summed E-state index contributed by atoms with van der Waals surface area (Å²) in [6.45, 7) is 3.63. The van der Waals surface area contributed by atoms with Gasteiger partial charge in [-0.05, 0) is 49.2 Å². The molecule has 1 aliphatic rings. The van der Waals surface area contributed by atoms with Gasteiger partial charge in [0.2, 0.25) is 0 Å². The zero-order chi connectivity index (χ0) is 23.7. The number of ether oxygens (including phenoxy) is 2. The van der Waals surface area contributed by atoms with Crippen LogP contribution in [0.3, 0.4) is 0 Å². The van der Waals surface area contributed by atoms with Gasteiger partial charge in [-0.1, -0.05) is 47.2 Å². The molecular weight excluding hydrogens is 464 g/mol. The molecule has 1 atom stereocenters. The second-order valence-corrected chi connectivity index (χ2v) is 8.67. The quantitative estimate of drug-likeness (QED) is 0.562. The SMILES string of the molecule is CCOC(=O)C1=C(C)N=c2s/c(=C\c3ccc(O)c(OC)c3)c(=O)n2C1c1ccccc1Cl. The Bertz CT molecular complexity index is 1450. The maximum atomic E-state index is 13.6. The first-order valence-electron chi connectivity index (χ1n) is 10.2. The van der Waals surface area contributed by atoms with Crippen LogP contribution in [0.25, 0.3) is 6.08 Å². The summed E-state index contributed by atoms with van der Waals surface area (Å²) in [5.41, 5.74) is 1.71. The van der Waals surface area contributed by atoms with Crippen LogP contribution in [0.5, 0.6) is 11.5 Å². The van der Waals surface area contributed by atoms with E-state index in [1.807, 2.05) is 0 Å². The van der Waals surface area contributed by atoms with Crippen molar-refractivity contribution in [1.29, 1.82) is 0 Å². The lowest BCUT2D eigenvalue weighted by Gasteiger charge is -2.25. The van der Waals surface area contributed by atoms with Crippen LogP contribution in [0.2, 0.25) is 5.02 Å². The number of rotatable bonds is 5. The van der Waals surface area contributed by atoms with E-state index < -0.39 is 12.0 Å². The molecule has 4 rings (SSSR count). The number of hydrogen-bond acceptors (Lipinski definition) is 7. The molecule has 0 bridgehead atoms. The Labute approximate surface area is 198 Å². The van der Waals surface area contributed by atoms with Crippen LogP contribution in [-0.4, -0.2) is 29.4 Å². The minimum absolute atomic E-state index is 0.00420. The highest BCUT2D eigenvalue weighted by molar-refractivity contribution is 7.07. The molecule has 0 saturated carbocycles. The van der Waals surface area contributed by atoms with Crippen molar-refractivity contribution in [2.75, 3.05) is 13.7 Å². The third-order valence-corrected chi connectivity index (χ3v) is 6.55. The molecule has 0 spiro atoms. The number of nitrogens with zero attached hydrogens (tertiary/aromatic N) is 2. The number of methoxy groups -OCH3 is 1. The smallest absolute Gasteiger partial charge is 0.338 e. The Morgan fingerprint density at radius 3 is 2.76 bits per heavy atom. The number of allylic oxidation sites excluding steroid dienone is 1. The number of carbonyl (C=O) groups excluding carboxylic acids is 1. The fourth-order valence-electron chi connectivity index (χ4n) is 3.72. The van der Waals surface area contributed by atoms with Gasteiger partial charge >= 0.3 is 5.97 Å². The second kappa shape index (κ2) is 9.25. The number of aromatic nitrogens is 1. The molecule has 2 aromatic carbocycles. The van der Waals surface area contributed by atoms with Gasteiger partial charge in [0.05, 0.1) is 29.5 Å². The van der Waals surface area contributed by atoms with Crippen molar-refractivity contribution in [2.24, 2.45) is 4.99 Å². The summed E-state index contributed by atoms with van der Waals surface area (Å²) in [5, 5.41) is 10.3. The number of thiazole rings is 1. The maximum Gasteiger partial charge on any atom is 0.338 e. The number of phenols is 1. The number of esters is 1. The van der Waals surface area contributed by atoms with Crippen LogP contribution >= 0.6 is 22.9 Å². The minimum Gasteiger partial charge on any atom is -0.504 e. The van der Waals surface area contributed by atoms with Gasteiger partial charge in [-0.15, -0.1) is 0 Å². The Kier molecular flexibility index (Phi) is 6.40. The molecule has 1 unspecified atom stereocenters. The monoisotopic (exact) mass is 484 g/mol. The first-order valence-corrected chi connectivity index (χ1v) is 11.4. The number of carbonyl (C=O) groups is 1. The zero-order valence-electron chi connectivity index (χ0n) is 18.2. The van der Waals surface area contributed by atoms with E-state index in [0.717, 1.165) is 0 Å². The maximum absolute atomic E-state index is 13.6. The van der Waals surface area contributed by atoms with Crippen molar-refractivity contribution in [3.05, 3.63) is 89.6 Å². The lowest BCUT2D eigenvalue weighted by molar-refractivity contribution is -0.139. The van der Waals surface area contributed by atoms with Crippen molar-refractivity contribution in [3.8, 4) is 11.5 Å². The van der Waals surface area contributed by atoms with Crippen LogP contribution in [-0.2, 0) is 9.53 Å². The van der Waals surface area contributed by atoms with E-state index in [1.54, 1.807) is 56.3 Å². The zero-order valence-corrected chi connectivity index (χ0v) is 19.7. The van der Waals surface area contributed by atoms with E-state index >= 15 is 0 Å². The summed E-state index contributed by atoms with van der Waals surface area (Å²) in [4.78, 5) is 31.4.